The monoisotopic (exact) mass is 498 g/mol. The lowest BCUT2D eigenvalue weighted by molar-refractivity contribution is -0.138. The summed E-state index contributed by atoms with van der Waals surface area (Å²) in [5.74, 6) is 0.692. The number of rotatable bonds is 3. The van der Waals surface area contributed by atoms with Gasteiger partial charge in [-0.25, -0.2) is 8.42 Å². The van der Waals surface area contributed by atoms with Crippen molar-refractivity contribution in [2.75, 3.05) is 12.3 Å². The third kappa shape index (κ3) is 4.29. The Kier molecular flexibility index (Phi) is 5.23. The maximum Gasteiger partial charge on any atom is 0.417 e. The van der Waals surface area contributed by atoms with E-state index < -0.39 is 21.8 Å². The van der Waals surface area contributed by atoms with Crippen molar-refractivity contribution in [3.63, 3.8) is 0 Å². The molecular weight excluding hydrogens is 485 g/mol. The van der Waals surface area contributed by atoms with Crippen molar-refractivity contribution in [2.45, 2.75) is 6.18 Å². The van der Waals surface area contributed by atoms with E-state index in [1.165, 1.54) is 12.1 Å². The molecular formula is C20H14BrF3N2O3S. The molecule has 0 aromatic heterocycles. The highest BCUT2D eigenvalue weighted by Gasteiger charge is 2.33. The van der Waals surface area contributed by atoms with Crippen molar-refractivity contribution in [3.8, 4) is 11.5 Å². The second-order valence-electron chi connectivity index (χ2n) is 6.58. The lowest BCUT2D eigenvalue weighted by atomic mass is 10.0. The van der Waals surface area contributed by atoms with Crippen LogP contribution in [0.15, 0.2) is 69.7 Å². The molecule has 0 fully saturated rings. The fourth-order valence-electron chi connectivity index (χ4n) is 3.07. The zero-order valence-electron chi connectivity index (χ0n) is 15.2. The summed E-state index contributed by atoms with van der Waals surface area (Å²) in [5, 5.41) is 0. The highest BCUT2D eigenvalue weighted by Crippen LogP contribution is 2.38. The Hall–Kier alpha value is -2.59. The molecule has 0 bridgehead atoms. The first kappa shape index (κ1) is 20.7. The molecule has 0 spiro atoms. The molecule has 0 unspecified atom stereocenters. The molecule has 0 radical (unpaired) electrons. The van der Waals surface area contributed by atoms with Crippen LogP contribution < -0.4 is 4.74 Å². The van der Waals surface area contributed by atoms with E-state index >= 15 is 0 Å². The van der Waals surface area contributed by atoms with E-state index in [1.807, 2.05) is 0 Å². The van der Waals surface area contributed by atoms with Crippen LogP contribution in [0.3, 0.4) is 0 Å². The number of hydrogen-bond donors (Lipinski definition) is 0. The molecule has 2 aromatic rings. The molecule has 10 heteroatoms. The molecule has 5 nitrogen and oxygen atoms in total. The van der Waals surface area contributed by atoms with E-state index in [1.54, 1.807) is 47.5 Å². The third-order valence-corrected chi connectivity index (χ3v) is 6.34. The van der Waals surface area contributed by atoms with Gasteiger partial charge in [-0.1, -0.05) is 28.1 Å². The molecule has 4 rings (SSSR count). The molecule has 30 heavy (non-hydrogen) atoms. The predicted octanol–water partition coefficient (Wildman–Crippen LogP) is 5.21. The fourth-order valence-corrected chi connectivity index (χ4v) is 4.52. The number of benzene rings is 2. The Morgan fingerprint density at radius 2 is 1.77 bits per heavy atom. The van der Waals surface area contributed by atoms with Gasteiger partial charge in [0.25, 0.3) is 10.0 Å². The largest absolute Gasteiger partial charge is 0.457 e. The first-order valence-electron chi connectivity index (χ1n) is 8.76. The lowest BCUT2D eigenvalue weighted by Crippen LogP contribution is -2.37. The Morgan fingerprint density at radius 3 is 2.47 bits per heavy atom. The highest BCUT2D eigenvalue weighted by atomic mass is 79.9. The van der Waals surface area contributed by atoms with Gasteiger partial charge in [0.05, 0.1) is 11.3 Å². The second-order valence-corrected chi connectivity index (χ2v) is 9.19. The fraction of sp³-hybridized carbons (Fsp3) is 0.150. The maximum atomic E-state index is 13.1. The summed E-state index contributed by atoms with van der Waals surface area (Å²) in [6.07, 6.45) is 0.823. The van der Waals surface area contributed by atoms with Crippen LogP contribution in [0, 0.1) is 0 Å². The number of fused-ring (bicyclic) bond motifs is 1. The average Bonchev–Trinajstić information content (AvgIpc) is 2.68. The van der Waals surface area contributed by atoms with E-state index in [0.717, 1.165) is 6.07 Å². The average molecular weight is 499 g/mol. The van der Waals surface area contributed by atoms with Crippen LogP contribution in [0.4, 0.5) is 13.2 Å². The summed E-state index contributed by atoms with van der Waals surface area (Å²) in [7, 11) is -3.51. The van der Waals surface area contributed by atoms with Gasteiger partial charge in [0.2, 0.25) is 0 Å². The Balaban J connectivity index is 1.59. The number of alkyl halides is 3. The smallest absolute Gasteiger partial charge is 0.417 e. The van der Waals surface area contributed by atoms with Gasteiger partial charge in [0.1, 0.15) is 11.5 Å². The van der Waals surface area contributed by atoms with E-state index in [2.05, 4.69) is 20.3 Å². The summed E-state index contributed by atoms with van der Waals surface area (Å²) in [6, 6.07) is 10.2. The Labute approximate surface area is 179 Å². The standard InChI is InChI=1S/C20H14BrF3N2O3S/c21-18-8-7-15(12-17(18)20(22,23)24)29-14-5-3-13(4-6-14)16-2-1-9-26-10-11-30(27,28)25-19(16)26/h1-9,12H,10-11H2. The molecule has 0 saturated heterocycles. The minimum Gasteiger partial charge on any atom is -0.457 e. The van der Waals surface area contributed by atoms with E-state index in [0.29, 0.717) is 29.3 Å². The second kappa shape index (κ2) is 7.59. The van der Waals surface area contributed by atoms with Gasteiger partial charge in [-0.05, 0) is 48.0 Å². The van der Waals surface area contributed by atoms with E-state index in [4.69, 9.17) is 4.74 Å². The number of amidine groups is 1. The topological polar surface area (TPSA) is 59.0 Å². The molecule has 0 atom stereocenters. The highest BCUT2D eigenvalue weighted by molar-refractivity contribution is 9.10. The summed E-state index contributed by atoms with van der Waals surface area (Å²) >= 11 is 2.90. The van der Waals surface area contributed by atoms with E-state index in [9.17, 15) is 21.6 Å². The van der Waals surface area contributed by atoms with Crippen molar-refractivity contribution in [2.24, 2.45) is 4.40 Å². The number of halogens is 4. The van der Waals surface area contributed by atoms with Gasteiger partial charge in [0, 0.05) is 22.8 Å². The van der Waals surface area contributed by atoms with Crippen LogP contribution in [-0.4, -0.2) is 31.5 Å². The molecule has 0 N–H and O–H groups in total. The quantitative estimate of drug-likeness (QED) is 0.582. The molecule has 156 valence electrons. The van der Waals surface area contributed by atoms with Crippen LogP contribution >= 0.6 is 15.9 Å². The zero-order valence-corrected chi connectivity index (χ0v) is 17.6. The first-order chi connectivity index (χ1) is 14.1. The number of allylic oxidation sites excluding steroid dienone is 2. The van der Waals surface area contributed by atoms with Gasteiger partial charge in [-0.15, -0.1) is 4.40 Å². The molecule has 2 heterocycles. The third-order valence-electron chi connectivity index (χ3n) is 4.50. The molecule has 0 amide bonds. The van der Waals surface area contributed by atoms with Crippen molar-refractivity contribution in [1.29, 1.82) is 0 Å². The van der Waals surface area contributed by atoms with Crippen LogP contribution in [-0.2, 0) is 16.2 Å². The zero-order chi connectivity index (χ0) is 21.5. The van der Waals surface area contributed by atoms with Gasteiger partial charge in [-0.2, -0.15) is 13.2 Å². The van der Waals surface area contributed by atoms with Gasteiger partial charge < -0.3 is 9.64 Å². The van der Waals surface area contributed by atoms with Gasteiger partial charge >= 0.3 is 6.18 Å². The summed E-state index contributed by atoms with van der Waals surface area (Å²) in [6.45, 7) is 0.321. The summed E-state index contributed by atoms with van der Waals surface area (Å²) < 4.78 is 72.3. The normalized spacial score (nSPS) is 17.8. The summed E-state index contributed by atoms with van der Waals surface area (Å²) in [4.78, 5) is 1.77. The van der Waals surface area contributed by atoms with Gasteiger partial charge in [0.15, 0.2) is 5.84 Å². The molecule has 0 aliphatic carbocycles. The van der Waals surface area contributed by atoms with Crippen molar-refractivity contribution < 1.29 is 26.3 Å². The first-order valence-corrected chi connectivity index (χ1v) is 11.2. The van der Waals surface area contributed by atoms with Crippen molar-refractivity contribution in [1.82, 2.24) is 4.90 Å². The number of ether oxygens (including phenoxy) is 1. The number of hydrogen-bond acceptors (Lipinski definition) is 4. The van der Waals surface area contributed by atoms with Crippen molar-refractivity contribution >= 4 is 37.4 Å². The predicted molar refractivity (Wildman–Crippen MR) is 111 cm³/mol. The molecule has 2 aliphatic rings. The van der Waals surface area contributed by atoms with Crippen LogP contribution in [0.2, 0.25) is 0 Å². The van der Waals surface area contributed by atoms with E-state index in [-0.39, 0.29) is 16.0 Å². The van der Waals surface area contributed by atoms with Crippen molar-refractivity contribution in [3.05, 3.63) is 76.4 Å². The maximum absolute atomic E-state index is 13.1. The Bertz CT molecular complexity index is 1190. The molecule has 2 aliphatic heterocycles. The van der Waals surface area contributed by atoms with Crippen LogP contribution in [0.1, 0.15) is 11.1 Å². The molecule has 0 saturated carbocycles. The number of sulfonamides is 1. The van der Waals surface area contributed by atoms with Crippen LogP contribution in [0.5, 0.6) is 11.5 Å². The lowest BCUT2D eigenvalue weighted by Gasteiger charge is -2.29. The number of nitrogens with zero attached hydrogens (tertiary/aromatic N) is 2. The summed E-state index contributed by atoms with van der Waals surface area (Å²) in [5.41, 5.74) is 0.516. The van der Waals surface area contributed by atoms with Gasteiger partial charge in [-0.3, -0.25) is 0 Å². The molecule has 2 aromatic carbocycles. The van der Waals surface area contributed by atoms with Crippen LogP contribution in [0.25, 0.3) is 5.57 Å². The minimum absolute atomic E-state index is 0.0476. The SMILES string of the molecule is O=S1(=O)CCN2C=CC=C(c3ccc(Oc4ccc(Br)c(C(F)(F)F)c4)cc3)C2=N1. The Morgan fingerprint density at radius 1 is 1.07 bits per heavy atom. The minimum atomic E-state index is -4.50.